The molecule has 8 heavy (non-hydrogen) atoms. The van der Waals surface area contributed by atoms with Gasteiger partial charge >= 0.3 is 0 Å². The van der Waals surface area contributed by atoms with Gasteiger partial charge in [-0.2, -0.15) is 0 Å². The van der Waals surface area contributed by atoms with E-state index in [9.17, 15) is 0 Å². The topological polar surface area (TPSA) is 3.24 Å². The van der Waals surface area contributed by atoms with Gasteiger partial charge in [0.1, 0.15) is 0 Å². The number of rotatable bonds is 1. The third kappa shape index (κ3) is 1.81. The summed E-state index contributed by atoms with van der Waals surface area (Å²) in [5, 5.41) is 0. The van der Waals surface area contributed by atoms with E-state index in [4.69, 9.17) is 0 Å². The maximum Gasteiger partial charge on any atom is 0.221 e. The van der Waals surface area contributed by atoms with Crippen molar-refractivity contribution in [2.45, 2.75) is 19.2 Å². The van der Waals surface area contributed by atoms with E-state index in [0.29, 0.717) is 0 Å². The minimum Gasteiger partial charge on any atom is -0.284 e. The van der Waals surface area contributed by atoms with E-state index >= 15 is 0 Å². The molecule has 1 nitrogen and oxygen atoms in total. The first-order chi connectivity index (χ1) is 3.83. The minimum atomic E-state index is 0.928. The molecular weight excluding hydrogens is 232 g/mol. The van der Waals surface area contributed by atoms with E-state index in [1.54, 1.807) is 0 Å². The van der Waals surface area contributed by atoms with Crippen LogP contribution in [0, 0.1) is 0 Å². The summed E-state index contributed by atoms with van der Waals surface area (Å²) in [6.07, 6.45) is 1.38. The van der Waals surface area contributed by atoms with Gasteiger partial charge in [-0.1, -0.05) is 12.7 Å². The van der Waals surface area contributed by atoms with Crippen molar-refractivity contribution in [1.82, 2.24) is 4.22 Å². The smallest absolute Gasteiger partial charge is 0.221 e. The molecule has 1 atom stereocenters. The van der Waals surface area contributed by atoms with E-state index in [-0.39, 0.29) is 0 Å². The maximum atomic E-state index is 2.41. The lowest BCUT2D eigenvalue weighted by Crippen LogP contribution is -2.10. The molecule has 1 rings (SSSR count). The van der Waals surface area contributed by atoms with Crippen LogP contribution in [-0.4, -0.2) is 18.2 Å². The summed E-state index contributed by atoms with van der Waals surface area (Å²) < 4.78 is 2.41. The molecule has 1 saturated heterocycles. The predicted molar refractivity (Wildman–Crippen MR) is 49.5 cm³/mol. The van der Waals surface area contributed by atoms with Crippen molar-refractivity contribution in [1.29, 1.82) is 0 Å². The first-order valence-corrected chi connectivity index (χ1v) is 6.18. The molecule has 1 heterocycles. The van der Waals surface area contributed by atoms with Gasteiger partial charge in [-0.3, -0.25) is 4.22 Å². The highest BCUT2D eigenvalue weighted by molar-refractivity contribution is 14.2. The largest absolute Gasteiger partial charge is 0.284 e. The molecule has 0 saturated carbocycles. The summed E-state index contributed by atoms with van der Waals surface area (Å²) in [7, 11) is 3.12. The van der Waals surface area contributed by atoms with Gasteiger partial charge < -0.3 is 0 Å². The zero-order chi connectivity index (χ0) is 5.98. The average Bonchev–Trinajstić information content (AvgIpc) is 2.14. The Kier molecular flexibility index (Phi) is 2.99. The normalized spacial score (nSPS) is 30.5. The molecular formula is C4H9BINS. The van der Waals surface area contributed by atoms with E-state index in [2.05, 4.69) is 32.3 Å². The predicted octanol–water partition coefficient (Wildman–Crippen LogP) is 1.85. The van der Waals surface area contributed by atoms with Crippen LogP contribution in [0.3, 0.4) is 0 Å². The fourth-order valence-corrected chi connectivity index (χ4v) is 2.52. The lowest BCUT2D eigenvalue weighted by atomic mass is 9.80. The molecule has 4 heteroatoms. The van der Waals surface area contributed by atoms with Gasteiger partial charge in [-0.05, 0) is 22.1 Å². The summed E-state index contributed by atoms with van der Waals surface area (Å²) in [5.41, 5.74) is 0. The summed E-state index contributed by atoms with van der Waals surface area (Å²) in [4.78, 5) is 0. The van der Waals surface area contributed by atoms with Gasteiger partial charge in [-0.15, -0.1) is 0 Å². The van der Waals surface area contributed by atoms with Crippen molar-refractivity contribution in [2.24, 2.45) is 0 Å². The first-order valence-electron chi connectivity index (χ1n) is 2.86. The maximum absolute atomic E-state index is 2.41. The second-order valence-corrected chi connectivity index (χ2v) is 4.19. The fourth-order valence-electron chi connectivity index (χ4n) is 0.957. The molecule has 0 aliphatic carbocycles. The van der Waals surface area contributed by atoms with Gasteiger partial charge in [0, 0.05) is 21.2 Å². The third-order valence-corrected chi connectivity index (χ3v) is 3.68. The Morgan fingerprint density at radius 1 is 1.88 bits per heavy atom. The van der Waals surface area contributed by atoms with E-state index in [1.807, 2.05) is 9.12 Å². The molecule has 0 bridgehead atoms. The van der Waals surface area contributed by atoms with Crippen molar-refractivity contribution < 1.29 is 0 Å². The molecule has 0 aromatic rings. The van der Waals surface area contributed by atoms with Crippen molar-refractivity contribution >= 4 is 37.7 Å². The zero-order valence-electron chi connectivity index (χ0n) is 4.93. The Hall–Kier alpha value is 1.10. The Morgan fingerprint density at radius 3 is 2.88 bits per heavy atom. The highest BCUT2D eigenvalue weighted by atomic mass is 127. The monoisotopic (exact) mass is 241 g/mol. The fraction of sp³-hybridized carbons (Fsp3) is 1.00. The molecule has 1 aliphatic heterocycles. The number of nitrogens with zero attached hydrogens (tertiary/aromatic N) is 1. The van der Waals surface area contributed by atoms with Crippen LogP contribution in [0.1, 0.15) is 13.3 Å². The average molecular weight is 241 g/mol. The van der Waals surface area contributed by atoms with Crippen molar-refractivity contribution in [2.75, 3.05) is 6.54 Å². The molecule has 0 aromatic heterocycles. The van der Waals surface area contributed by atoms with Crippen LogP contribution < -0.4 is 0 Å². The van der Waals surface area contributed by atoms with Crippen LogP contribution >= 0.6 is 30.3 Å². The van der Waals surface area contributed by atoms with Crippen LogP contribution in [0.25, 0.3) is 0 Å². The minimum absolute atomic E-state index is 0.928. The highest BCUT2D eigenvalue weighted by Gasteiger charge is 2.19. The van der Waals surface area contributed by atoms with E-state index in [0.717, 1.165) is 5.82 Å². The highest BCUT2D eigenvalue weighted by Crippen LogP contribution is 2.27. The van der Waals surface area contributed by atoms with Crippen molar-refractivity contribution in [3.05, 3.63) is 0 Å². The van der Waals surface area contributed by atoms with Gasteiger partial charge in [-0.25, -0.2) is 0 Å². The third-order valence-electron chi connectivity index (χ3n) is 1.48. The first kappa shape index (κ1) is 7.21. The lowest BCUT2D eigenvalue weighted by molar-refractivity contribution is 0.728. The Labute approximate surface area is 67.6 Å². The van der Waals surface area contributed by atoms with Crippen LogP contribution in [0.5, 0.6) is 0 Å². The Morgan fingerprint density at radius 2 is 2.62 bits per heavy atom. The molecule has 1 aliphatic rings. The van der Waals surface area contributed by atoms with Crippen LogP contribution in [0.2, 0.25) is 5.82 Å². The molecule has 0 spiro atoms. The molecule has 46 valence electrons. The molecule has 1 unspecified atom stereocenters. The summed E-state index contributed by atoms with van der Waals surface area (Å²) >= 11 is 2.34. The Bertz CT molecular complexity index is 82.4. The molecule has 0 amide bonds. The van der Waals surface area contributed by atoms with Crippen molar-refractivity contribution in [3.8, 4) is 0 Å². The molecule has 0 aromatic carbocycles. The lowest BCUT2D eigenvalue weighted by Gasteiger charge is -2.05. The number of hydrogen-bond donors (Lipinski definition) is 0. The second kappa shape index (κ2) is 3.32. The molecule has 1 fully saturated rings. The SMILES string of the molecule is CC1BN(SI)CC1. The number of halogens is 1. The van der Waals surface area contributed by atoms with E-state index < -0.39 is 0 Å². The number of hydrogen-bond acceptors (Lipinski definition) is 2. The Balaban J connectivity index is 2.22. The van der Waals surface area contributed by atoms with Gasteiger partial charge in [0.15, 0.2) is 0 Å². The van der Waals surface area contributed by atoms with Crippen molar-refractivity contribution in [3.63, 3.8) is 0 Å². The summed E-state index contributed by atoms with van der Waals surface area (Å²) in [6.45, 7) is 3.60. The second-order valence-electron chi connectivity index (χ2n) is 2.35. The van der Waals surface area contributed by atoms with Gasteiger partial charge in [0.2, 0.25) is 7.41 Å². The summed E-state index contributed by atoms with van der Waals surface area (Å²) in [5.74, 6) is 0.928. The quantitative estimate of drug-likeness (QED) is 0.391. The summed E-state index contributed by atoms with van der Waals surface area (Å²) in [6, 6.07) is 0. The zero-order valence-corrected chi connectivity index (χ0v) is 7.91. The van der Waals surface area contributed by atoms with Gasteiger partial charge in [0.05, 0.1) is 0 Å². The van der Waals surface area contributed by atoms with E-state index in [1.165, 1.54) is 20.4 Å². The van der Waals surface area contributed by atoms with Crippen LogP contribution in [0.4, 0.5) is 0 Å². The van der Waals surface area contributed by atoms with Crippen LogP contribution in [-0.2, 0) is 0 Å². The standard InChI is InChI=1S/C4H9BINS/c1-4-2-3-7(5-4)8-6/h4-5H,2-3H2,1H3. The van der Waals surface area contributed by atoms with Gasteiger partial charge in [0.25, 0.3) is 0 Å². The molecule has 0 N–H and O–H groups in total. The van der Waals surface area contributed by atoms with Crippen LogP contribution in [0.15, 0.2) is 0 Å². The molecule has 0 radical (unpaired) electrons.